The summed E-state index contributed by atoms with van der Waals surface area (Å²) in [6, 6.07) is 6.59. The van der Waals surface area contributed by atoms with Crippen LogP contribution in [0.5, 0.6) is 5.75 Å². The Balaban J connectivity index is 2.07. The summed E-state index contributed by atoms with van der Waals surface area (Å²) < 4.78 is 28.8. The summed E-state index contributed by atoms with van der Waals surface area (Å²) in [4.78, 5) is 4.51. The second-order valence-corrected chi connectivity index (χ2v) is 5.22. The van der Waals surface area contributed by atoms with Gasteiger partial charge >= 0.3 is 6.61 Å². The van der Waals surface area contributed by atoms with Crippen molar-refractivity contribution in [2.24, 2.45) is 5.73 Å². The second kappa shape index (κ2) is 7.31. The molecule has 0 spiro atoms. The number of aryl methyl sites for hydroxylation is 1. The molecule has 0 amide bonds. The predicted octanol–water partition coefficient (Wildman–Crippen LogP) is 3.69. The topological polar surface area (TPSA) is 48.1 Å². The summed E-state index contributed by atoms with van der Waals surface area (Å²) in [5.41, 5.74) is 7.02. The summed E-state index contributed by atoms with van der Waals surface area (Å²) in [7, 11) is 0. The number of alkyl halides is 2. The number of benzene rings is 1. The van der Waals surface area contributed by atoms with Crippen LogP contribution in [0.3, 0.4) is 0 Å². The molecule has 0 aliphatic heterocycles. The van der Waals surface area contributed by atoms with E-state index in [1.165, 1.54) is 6.07 Å². The van der Waals surface area contributed by atoms with Crippen LogP contribution in [-0.4, -0.2) is 18.1 Å². The number of thiazole rings is 1. The molecule has 0 saturated heterocycles. The van der Waals surface area contributed by atoms with Crippen LogP contribution in [0.15, 0.2) is 29.6 Å². The van der Waals surface area contributed by atoms with Gasteiger partial charge in [0.1, 0.15) is 5.75 Å². The van der Waals surface area contributed by atoms with Gasteiger partial charge in [-0.15, -0.1) is 11.3 Å². The Morgan fingerprint density at radius 2 is 2.15 bits per heavy atom. The van der Waals surface area contributed by atoms with Crippen LogP contribution in [0.2, 0.25) is 0 Å². The van der Waals surface area contributed by atoms with E-state index in [2.05, 4.69) is 9.72 Å². The lowest BCUT2D eigenvalue weighted by molar-refractivity contribution is -0.0498. The van der Waals surface area contributed by atoms with Crippen LogP contribution in [0, 0.1) is 0 Å². The van der Waals surface area contributed by atoms with E-state index in [1.54, 1.807) is 23.5 Å². The van der Waals surface area contributed by atoms with Crippen LogP contribution in [-0.2, 0) is 6.42 Å². The molecule has 108 valence electrons. The van der Waals surface area contributed by atoms with E-state index in [1.807, 2.05) is 11.4 Å². The number of hydrogen-bond acceptors (Lipinski definition) is 4. The minimum absolute atomic E-state index is 0.148. The number of ether oxygens (including phenoxy) is 1. The quantitative estimate of drug-likeness (QED) is 0.793. The third-order valence-electron chi connectivity index (χ3n) is 2.75. The highest BCUT2D eigenvalue weighted by Crippen LogP contribution is 2.26. The fraction of sp³-hybridized carbons (Fsp3) is 0.357. The third-order valence-corrected chi connectivity index (χ3v) is 3.66. The molecule has 0 bridgehead atoms. The highest BCUT2D eigenvalue weighted by Gasteiger charge is 2.08. The predicted molar refractivity (Wildman–Crippen MR) is 76.2 cm³/mol. The first-order valence-electron chi connectivity index (χ1n) is 6.39. The third kappa shape index (κ3) is 4.25. The van der Waals surface area contributed by atoms with Gasteiger partial charge in [0.05, 0.1) is 10.7 Å². The molecule has 2 rings (SSSR count). The smallest absolute Gasteiger partial charge is 0.387 e. The summed E-state index contributed by atoms with van der Waals surface area (Å²) in [5, 5.41) is 2.97. The molecule has 1 aromatic heterocycles. The Labute approximate surface area is 120 Å². The molecule has 0 aliphatic carbocycles. The van der Waals surface area contributed by atoms with Crippen molar-refractivity contribution in [2.45, 2.75) is 25.9 Å². The van der Waals surface area contributed by atoms with Gasteiger partial charge in [-0.1, -0.05) is 12.1 Å². The number of nitrogens with zero attached hydrogens (tertiary/aromatic N) is 1. The zero-order valence-electron chi connectivity index (χ0n) is 10.9. The van der Waals surface area contributed by atoms with Crippen molar-refractivity contribution in [3.8, 4) is 17.0 Å². The van der Waals surface area contributed by atoms with Crippen LogP contribution >= 0.6 is 11.3 Å². The van der Waals surface area contributed by atoms with Gasteiger partial charge in [-0.05, 0) is 37.9 Å². The molecule has 0 unspecified atom stereocenters. The van der Waals surface area contributed by atoms with E-state index >= 15 is 0 Å². The molecule has 0 aliphatic rings. The molecule has 20 heavy (non-hydrogen) atoms. The van der Waals surface area contributed by atoms with Gasteiger partial charge in [-0.3, -0.25) is 0 Å². The summed E-state index contributed by atoms with van der Waals surface area (Å²) in [5.74, 6) is 0.148. The summed E-state index contributed by atoms with van der Waals surface area (Å²) in [6.45, 7) is -2.13. The molecule has 1 aromatic carbocycles. The number of unbranched alkanes of at least 4 members (excludes halogenated alkanes) is 1. The fourth-order valence-electron chi connectivity index (χ4n) is 1.81. The fourth-order valence-corrected chi connectivity index (χ4v) is 2.66. The Kier molecular flexibility index (Phi) is 5.43. The molecular formula is C14H16F2N2OS. The number of halogens is 2. The standard InChI is InChI=1S/C14H16F2N2OS/c15-14(16)19-11-5-3-4-10(8-11)12-9-20-13(18-12)6-1-2-7-17/h3-5,8-9,14H,1-2,6-7,17H2. The van der Waals surface area contributed by atoms with Crippen molar-refractivity contribution in [2.75, 3.05) is 6.54 Å². The number of hydrogen-bond donors (Lipinski definition) is 1. The first-order chi connectivity index (χ1) is 9.69. The van der Waals surface area contributed by atoms with Gasteiger partial charge in [0.2, 0.25) is 0 Å². The van der Waals surface area contributed by atoms with Crippen molar-refractivity contribution in [3.05, 3.63) is 34.7 Å². The van der Waals surface area contributed by atoms with Crippen molar-refractivity contribution in [3.63, 3.8) is 0 Å². The molecule has 2 aromatic rings. The van der Waals surface area contributed by atoms with Crippen LogP contribution in [0.1, 0.15) is 17.8 Å². The molecule has 1 heterocycles. The van der Waals surface area contributed by atoms with E-state index in [0.717, 1.165) is 35.5 Å². The molecule has 0 radical (unpaired) electrons. The highest BCUT2D eigenvalue weighted by molar-refractivity contribution is 7.09. The number of nitrogens with two attached hydrogens (primary N) is 1. The van der Waals surface area contributed by atoms with E-state index in [-0.39, 0.29) is 5.75 Å². The van der Waals surface area contributed by atoms with Gasteiger partial charge in [0.15, 0.2) is 0 Å². The van der Waals surface area contributed by atoms with Crippen molar-refractivity contribution in [1.29, 1.82) is 0 Å². The molecule has 0 atom stereocenters. The zero-order valence-corrected chi connectivity index (χ0v) is 11.7. The molecule has 0 saturated carbocycles. The molecule has 3 nitrogen and oxygen atoms in total. The normalized spacial score (nSPS) is 11.0. The first-order valence-corrected chi connectivity index (χ1v) is 7.26. The second-order valence-electron chi connectivity index (χ2n) is 4.28. The van der Waals surface area contributed by atoms with Crippen molar-refractivity contribution < 1.29 is 13.5 Å². The van der Waals surface area contributed by atoms with Crippen molar-refractivity contribution in [1.82, 2.24) is 4.98 Å². The van der Waals surface area contributed by atoms with Crippen molar-refractivity contribution >= 4 is 11.3 Å². The average Bonchev–Trinajstić information content (AvgIpc) is 2.87. The largest absolute Gasteiger partial charge is 0.435 e. The van der Waals surface area contributed by atoms with E-state index in [9.17, 15) is 8.78 Å². The SMILES string of the molecule is NCCCCc1nc(-c2cccc(OC(F)F)c2)cs1. The summed E-state index contributed by atoms with van der Waals surface area (Å²) >= 11 is 1.57. The van der Waals surface area contributed by atoms with E-state index in [4.69, 9.17) is 5.73 Å². The van der Waals surface area contributed by atoms with E-state index < -0.39 is 6.61 Å². The van der Waals surface area contributed by atoms with Gasteiger partial charge < -0.3 is 10.5 Å². The Morgan fingerprint density at radius 1 is 1.30 bits per heavy atom. The molecule has 6 heteroatoms. The Hall–Kier alpha value is -1.53. The highest BCUT2D eigenvalue weighted by atomic mass is 32.1. The lowest BCUT2D eigenvalue weighted by Gasteiger charge is -2.05. The van der Waals surface area contributed by atoms with Gasteiger partial charge in [-0.2, -0.15) is 8.78 Å². The van der Waals surface area contributed by atoms with Crippen LogP contribution < -0.4 is 10.5 Å². The molecule has 0 fully saturated rings. The van der Waals surface area contributed by atoms with Gasteiger partial charge in [0, 0.05) is 10.9 Å². The maximum atomic E-state index is 12.2. The average molecular weight is 298 g/mol. The Morgan fingerprint density at radius 3 is 2.90 bits per heavy atom. The monoisotopic (exact) mass is 298 g/mol. The minimum Gasteiger partial charge on any atom is -0.435 e. The lowest BCUT2D eigenvalue weighted by atomic mass is 10.1. The minimum atomic E-state index is -2.81. The number of rotatable bonds is 7. The molecule has 2 N–H and O–H groups in total. The maximum Gasteiger partial charge on any atom is 0.387 e. The van der Waals surface area contributed by atoms with Gasteiger partial charge in [0.25, 0.3) is 0 Å². The Bertz CT molecular complexity index is 545. The first kappa shape index (κ1) is 14.9. The maximum absolute atomic E-state index is 12.2. The zero-order chi connectivity index (χ0) is 14.4. The van der Waals surface area contributed by atoms with E-state index in [0.29, 0.717) is 6.54 Å². The van der Waals surface area contributed by atoms with Gasteiger partial charge in [-0.25, -0.2) is 4.98 Å². The summed E-state index contributed by atoms with van der Waals surface area (Å²) in [6.07, 6.45) is 2.89. The lowest BCUT2D eigenvalue weighted by Crippen LogP contribution is -2.01. The molecular weight excluding hydrogens is 282 g/mol. The van der Waals surface area contributed by atoms with Crippen LogP contribution in [0.25, 0.3) is 11.3 Å². The number of aromatic nitrogens is 1. The van der Waals surface area contributed by atoms with Crippen LogP contribution in [0.4, 0.5) is 8.78 Å².